The van der Waals surface area contributed by atoms with Crippen molar-refractivity contribution in [1.29, 1.82) is 0 Å². The molecule has 1 aromatic heterocycles. The summed E-state index contributed by atoms with van der Waals surface area (Å²) in [4.78, 5) is 11.7. The number of sulfonamides is 1. The van der Waals surface area contributed by atoms with Gasteiger partial charge in [-0.2, -0.15) is 0 Å². The number of benzene rings is 2. The lowest BCUT2D eigenvalue weighted by molar-refractivity contribution is -0.120. The van der Waals surface area contributed by atoms with Gasteiger partial charge in [-0.25, -0.2) is 13.1 Å². The molecular weight excluding hydrogens is 396 g/mol. The van der Waals surface area contributed by atoms with Crippen molar-refractivity contribution in [3.8, 4) is 28.3 Å². The number of hydrogen-bond donors (Lipinski definition) is 1. The van der Waals surface area contributed by atoms with Crippen molar-refractivity contribution in [2.24, 2.45) is 0 Å². The van der Waals surface area contributed by atoms with Crippen molar-refractivity contribution in [2.75, 3.05) is 20.8 Å². The van der Waals surface area contributed by atoms with Gasteiger partial charge in [-0.05, 0) is 17.7 Å². The number of amides is 1. The van der Waals surface area contributed by atoms with Gasteiger partial charge in [0, 0.05) is 12.7 Å². The third-order valence-electron chi connectivity index (χ3n) is 4.13. The van der Waals surface area contributed by atoms with E-state index in [2.05, 4.69) is 5.16 Å². The Hall–Kier alpha value is -3.17. The molecule has 0 aliphatic carbocycles. The van der Waals surface area contributed by atoms with E-state index >= 15 is 0 Å². The number of carbonyl (C=O) groups excluding carboxylic acids is 1. The topological polar surface area (TPSA) is 108 Å². The monoisotopic (exact) mass is 416 g/mol. The van der Waals surface area contributed by atoms with E-state index in [0.29, 0.717) is 16.8 Å². The van der Waals surface area contributed by atoms with E-state index in [-0.39, 0.29) is 23.9 Å². The SMILES string of the molecule is COCCC(=O)NS(=O)(=O)c1ccc(-c2c(-c3ccccc3)noc2OC)cc1. The van der Waals surface area contributed by atoms with Crippen LogP contribution in [0.3, 0.4) is 0 Å². The molecule has 3 rings (SSSR count). The van der Waals surface area contributed by atoms with Crippen LogP contribution < -0.4 is 9.46 Å². The second-order valence-corrected chi connectivity index (χ2v) is 7.74. The van der Waals surface area contributed by atoms with Gasteiger partial charge in [-0.15, -0.1) is 0 Å². The molecule has 2 aromatic carbocycles. The summed E-state index contributed by atoms with van der Waals surface area (Å²) >= 11 is 0. The van der Waals surface area contributed by atoms with Crippen LogP contribution in [0.2, 0.25) is 0 Å². The number of ether oxygens (including phenoxy) is 2. The number of aromatic nitrogens is 1. The van der Waals surface area contributed by atoms with E-state index in [1.165, 1.54) is 26.4 Å². The van der Waals surface area contributed by atoms with Crippen molar-refractivity contribution < 1.29 is 27.2 Å². The number of carbonyl (C=O) groups is 1. The number of rotatable bonds is 8. The van der Waals surface area contributed by atoms with Crippen molar-refractivity contribution in [2.45, 2.75) is 11.3 Å². The van der Waals surface area contributed by atoms with Crippen molar-refractivity contribution in [3.05, 3.63) is 54.6 Å². The van der Waals surface area contributed by atoms with E-state index in [9.17, 15) is 13.2 Å². The first-order valence-electron chi connectivity index (χ1n) is 8.70. The lowest BCUT2D eigenvalue weighted by Crippen LogP contribution is -2.31. The van der Waals surface area contributed by atoms with Gasteiger partial charge in [0.05, 0.1) is 30.6 Å². The van der Waals surface area contributed by atoms with Crippen LogP contribution in [-0.4, -0.2) is 40.3 Å². The first kappa shape index (κ1) is 20.6. The highest BCUT2D eigenvalue weighted by Crippen LogP contribution is 2.39. The average molecular weight is 416 g/mol. The summed E-state index contributed by atoms with van der Waals surface area (Å²) in [5, 5.41) is 4.09. The predicted molar refractivity (Wildman–Crippen MR) is 106 cm³/mol. The lowest BCUT2D eigenvalue weighted by Gasteiger charge is -2.08. The lowest BCUT2D eigenvalue weighted by atomic mass is 10.0. The van der Waals surface area contributed by atoms with Crippen molar-refractivity contribution >= 4 is 15.9 Å². The molecular formula is C20H20N2O6S. The molecule has 0 atom stereocenters. The Balaban J connectivity index is 1.91. The molecule has 0 saturated heterocycles. The van der Waals surface area contributed by atoms with E-state index in [1.807, 2.05) is 35.1 Å². The van der Waals surface area contributed by atoms with Crippen LogP contribution in [0.1, 0.15) is 6.42 Å². The van der Waals surface area contributed by atoms with E-state index in [1.54, 1.807) is 12.1 Å². The molecule has 29 heavy (non-hydrogen) atoms. The van der Waals surface area contributed by atoms with Gasteiger partial charge in [0.2, 0.25) is 5.91 Å². The number of hydrogen-bond acceptors (Lipinski definition) is 7. The Kier molecular flexibility index (Phi) is 6.30. The molecule has 0 saturated carbocycles. The smallest absolute Gasteiger partial charge is 0.319 e. The average Bonchev–Trinajstić information content (AvgIpc) is 3.17. The second-order valence-electron chi connectivity index (χ2n) is 6.06. The Morgan fingerprint density at radius 2 is 1.72 bits per heavy atom. The van der Waals surface area contributed by atoms with Crippen LogP contribution in [0.5, 0.6) is 5.95 Å². The summed E-state index contributed by atoms with van der Waals surface area (Å²) in [6, 6.07) is 15.4. The Morgan fingerprint density at radius 3 is 2.34 bits per heavy atom. The fourth-order valence-corrected chi connectivity index (χ4v) is 3.73. The fourth-order valence-electron chi connectivity index (χ4n) is 2.72. The van der Waals surface area contributed by atoms with Crippen LogP contribution >= 0.6 is 0 Å². The van der Waals surface area contributed by atoms with Crippen LogP contribution in [0.4, 0.5) is 0 Å². The quantitative estimate of drug-likeness (QED) is 0.601. The third-order valence-corrected chi connectivity index (χ3v) is 5.52. The molecule has 0 unspecified atom stereocenters. The van der Waals surface area contributed by atoms with Crippen LogP contribution in [0.25, 0.3) is 22.4 Å². The Morgan fingerprint density at radius 1 is 1.03 bits per heavy atom. The summed E-state index contributed by atoms with van der Waals surface area (Å²) in [6.45, 7) is 0.135. The maximum absolute atomic E-state index is 12.4. The molecule has 8 nitrogen and oxygen atoms in total. The minimum absolute atomic E-state index is 0.0382. The molecule has 9 heteroatoms. The summed E-state index contributed by atoms with van der Waals surface area (Å²) < 4.78 is 42.1. The summed E-state index contributed by atoms with van der Waals surface area (Å²) in [7, 11) is -1.08. The van der Waals surface area contributed by atoms with Gasteiger partial charge in [0.15, 0.2) is 0 Å². The predicted octanol–water partition coefficient (Wildman–Crippen LogP) is 2.86. The number of nitrogens with one attached hydrogen (secondary N) is 1. The molecule has 152 valence electrons. The van der Waals surface area contributed by atoms with Gasteiger partial charge in [0.1, 0.15) is 5.69 Å². The molecule has 0 spiro atoms. The Bertz CT molecular complexity index is 1080. The normalized spacial score (nSPS) is 11.2. The van der Waals surface area contributed by atoms with Crippen LogP contribution in [0.15, 0.2) is 64.0 Å². The van der Waals surface area contributed by atoms with E-state index in [0.717, 1.165) is 5.56 Å². The standard InChI is InChI=1S/C20H20N2O6S/c1-26-13-12-17(23)22-29(24,25)16-10-8-14(9-11-16)18-19(21-28-20(18)27-2)15-6-4-3-5-7-15/h3-11H,12-13H2,1-2H3,(H,22,23). The van der Waals surface area contributed by atoms with Gasteiger partial charge >= 0.3 is 5.95 Å². The van der Waals surface area contributed by atoms with Crippen molar-refractivity contribution in [1.82, 2.24) is 9.88 Å². The number of nitrogens with zero attached hydrogens (tertiary/aromatic N) is 1. The van der Waals surface area contributed by atoms with E-state index < -0.39 is 15.9 Å². The third kappa shape index (κ3) is 4.64. The van der Waals surface area contributed by atoms with Gasteiger partial charge in [-0.1, -0.05) is 47.6 Å². The molecule has 1 N–H and O–H groups in total. The zero-order valence-corrected chi connectivity index (χ0v) is 16.7. The highest BCUT2D eigenvalue weighted by molar-refractivity contribution is 7.90. The highest BCUT2D eigenvalue weighted by atomic mass is 32.2. The minimum Gasteiger partial charge on any atom is -0.467 e. The molecule has 1 amide bonds. The summed E-state index contributed by atoms with van der Waals surface area (Å²) in [6.07, 6.45) is -0.0495. The zero-order chi connectivity index (χ0) is 20.9. The van der Waals surface area contributed by atoms with Crippen molar-refractivity contribution in [3.63, 3.8) is 0 Å². The van der Waals surface area contributed by atoms with E-state index in [4.69, 9.17) is 14.0 Å². The summed E-state index contributed by atoms with van der Waals surface area (Å²) in [5.41, 5.74) is 2.67. The van der Waals surface area contributed by atoms with Gasteiger partial charge < -0.3 is 14.0 Å². The summed E-state index contributed by atoms with van der Waals surface area (Å²) in [5.74, 6) is -0.421. The maximum Gasteiger partial charge on any atom is 0.319 e. The first-order chi connectivity index (χ1) is 14.0. The van der Waals surface area contributed by atoms with Crippen LogP contribution in [-0.2, 0) is 19.6 Å². The number of methoxy groups -OCH3 is 2. The second kappa shape index (κ2) is 8.89. The molecule has 0 radical (unpaired) electrons. The largest absolute Gasteiger partial charge is 0.467 e. The molecule has 1 heterocycles. The maximum atomic E-state index is 12.4. The zero-order valence-electron chi connectivity index (χ0n) is 15.9. The van der Waals surface area contributed by atoms with Crippen LogP contribution in [0, 0.1) is 0 Å². The molecule has 0 aliphatic heterocycles. The minimum atomic E-state index is -3.98. The molecule has 3 aromatic rings. The molecule has 0 fully saturated rings. The molecule has 0 bridgehead atoms. The van der Waals surface area contributed by atoms with Gasteiger partial charge in [0.25, 0.3) is 10.0 Å². The fraction of sp³-hybridized carbons (Fsp3) is 0.200. The highest BCUT2D eigenvalue weighted by Gasteiger charge is 2.22. The Labute approximate surface area is 168 Å². The first-order valence-corrected chi connectivity index (χ1v) is 10.2. The van der Waals surface area contributed by atoms with Gasteiger partial charge in [-0.3, -0.25) is 4.79 Å². The molecule has 0 aliphatic rings.